The Hall–Kier alpha value is -3.06. The summed E-state index contributed by atoms with van der Waals surface area (Å²) in [7, 11) is 0. The lowest BCUT2D eigenvalue weighted by Gasteiger charge is -2.35. The number of nitrogens with zero attached hydrogens (tertiary/aromatic N) is 2. The summed E-state index contributed by atoms with van der Waals surface area (Å²) >= 11 is 1.71. The minimum absolute atomic E-state index is 0.181. The van der Waals surface area contributed by atoms with Crippen LogP contribution in [-0.4, -0.2) is 53.6 Å². The minimum atomic E-state index is -0.786. The lowest BCUT2D eigenvalue weighted by molar-refractivity contribution is -0.143. The highest BCUT2D eigenvalue weighted by molar-refractivity contribution is 7.08. The Kier molecular flexibility index (Phi) is 7.28. The Morgan fingerprint density at radius 1 is 0.947 bits per heavy atom. The van der Waals surface area contributed by atoms with E-state index in [1.165, 1.54) is 11.1 Å². The Labute approximate surface area is 227 Å². The molecule has 1 N–H and O–H groups in total. The molecule has 2 aliphatic heterocycles. The van der Waals surface area contributed by atoms with Crippen LogP contribution in [0.3, 0.4) is 0 Å². The monoisotopic (exact) mass is 528 g/mol. The van der Waals surface area contributed by atoms with Gasteiger partial charge in [0, 0.05) is 25.6 Å². The summed E-state index contributed by atoms with van der Waals surface area (Å²) in [5, 5.41) is 16.9. The maximum atomic E-state index is 13.4. The number of aliphatic carboxylic acids is 1. The number of rotatable bonds is 7. The Morgan fingerprint density at radius 3 is 2.45 bits per heavy atom. The van der Waals surface area contributed by atoms with Crippen LogP contribution in [0.15, 0.2) is 83.6 Å². The molecule has 2 aliphatic rings. The first-order chi connectivity index (χ1) is 18.6. The van der Waals surface area contributed by atoms with Gasteiger partial charge in [-0.25, -0.2) is 4.39 Å². The summed E-state index contributed by atoms with van der Waals surface area (Å²) in [6.07, 6.45) is 2.14. The van der Waals surface area contributed by atoms with Crippen molar-refractivity contribution in [3.8, 4) is 0 Å². The fourth-order valence-electron chi connectivity index (χ4n) is 6.65. The third kappa shape index (κ3) is 5.13. The molecule has 4 aromatic rings. The van der Waals surface area contributed by atoms with Gasteiger partial charge in [-0.3, -0.25) is 9.69 Å². The van der Waals surface area contributed by atoms with Crippen molar-refractivity contribution in [2.75, 3.05) is 32.7 Å². The third-order valence-corrected chi connectivity index (χ3v) is 9.28. The van der Waals surface area contributed by atoms with Gasteiger partial charge in [-0.2, -0.15) is 11.3 Å². The van der Waals surface area contributed by atoms with Crippen molar-refractivity contribution in [3.05, 3.63) is 106 Å². The second-order valence-corrected chi connectivity index (χ2v) is 11.6. The van der Waals surface area contributed by atoms with Gasteiger partial charge in [0.15, 0.2) is 0 Å². The van der Waals surface area contributed by atoms with E-state index in [4.69, 9.17) is 0 Å². The topological polar surface area (TPSA) is 43.8 Å². The fraction of sp³-hybridized carbons (Fsp3) is 0.344. The van der Waals surface area contributed by atoms with Crippen LogP contribution in [0.4, 0.5) is 4.39 Å². The van der Waals surface area contributed by atoms with Crippen LogP contribution >= 0.6 is 11.3 Å². The average molecular weight is 529 g/mol. The molecule has 38 heavy (non-hydrogen) atoms. The van der Waals surface area contributed by atoms with E-state index in [0.29, 0.717) is 17.8 Å². The normalized spacial score (nSPS) is 22.1. The molecule has 6 heteroatoms. The molecule has 3 aromatic carbocycles. The van der Waals surface area contributed by atoms with Crippen molar-refractivity contribution in [2.45, 2.75) is 30.7 Å². The first kappa shape index (κ1) is 25.2. The molecule has 3 heterocycles. The van der Waals surface area contributed by atoms with E-state index in [0.717, 1.165) is 61.9 Å². The van der Waals surface area contributed by atoms with Gasteiger partial charge >= 0.3 is 5.97 Å². The van der Waals surface area contributed by atoms with Crippen molar-refractivity contribution in [1.29, 1.82) is 0 Å². The van der Waals surface area contributed by atoms with Gasteiger partial charge in [0.1, 0.15) is 11.9 Å². The maximum Gasteiger partial charge on any atom is 0.325 e. The molecule has 0 radical (unpaired) electrons. The molecule has 2 fully saturated rings. The number of carboxylic acids is 1. The first-order valence-corrected chi connectivity index (χ1v) is 14.5. The largest absolute Gasteiger partial charge is 0.480 e. The molecule has 3 unspecified atom stereocenters. The van der Waals surface area contributed by atoms with Crippen LogP contribution in [0.2, 0.25) is 0 Å². The van der Waals surface area contributed by atoms with E-state index >= 15 is 0 Å². The molecule has 4 nitrogen and oxygen atoms in total. The Balaban J connectivity index is 1.21. The SMILES string of the molecule is O=C(O)C(c1cccc2ccccc12)N1CC(CN2CCC(c3ccc(F)cc3)CC2)C(c2ccsc2)C1. The van der Waals surface area contributed by atoms with Crippen molar-refractivity contribution in [1.82, 2.24) is 9.80 Å². The number of carbonyl (C=O) groups is 1. The molecule has 2 saturated heterocycles. The molecule has 0 amide bonds. The van der Waals surface area contributed by atoms with Crippen LogP contribution < -0.4 is 0 Å². The summed E-state index contributed by atoms with van der Waals surface area (Å²) < 4.78 is 13.4. The number of likely N-dealkylation sites (tertiary alicyclic amines) is 2. The van der Waals surface area contributed by atoms with E-state index in [1.807, 2.05) is 54.6 Å². The van der Waals surface area contributed by atoms with Crippen molar-refractivity contribution in [2.24, 2.45) is 5.92 Å². The second kappa shape index (κ2) is 11.0. The predicted molar refractivity (Wildman–Crippen MR) is 151 cm³/mol. The van der Waals surface area contributed by atoms with Crippen LogP contribution in [0, 0.1) is 11.7 Å². The highest BCUT2D eigenvalue weighted by atomic mass is 32.1. The highest BCUT2D eigenvalue weighted by Gasteiger charge is 2.41. The number of halogens is 1. The van der Waals surface area contributed by atoms with E-state index in [1.54, 1.807) is 23.5 Å². The average Bonchev–Trinajstić information content (AvgIpc) is 3.60. The van der Waals surface area contributed by atoms with E-state index in [9.17, 15) is 14.3 Å². The van der Waals surface area contributed by atoms with Crippen LogP contribution in [0.5, 0.6) is 0 Å². The number of hydrogen-bond acceptors (Lipinski definition) is 4. The lowest BCUT2D eigenvalue weighted by Crippen LogP contribution is -2.38. The van der Waals surface area contributed by atoms with Gasteiger partial charge in [-0.05, 0) is 94.2 Å². The van der Waals surface area contributed by atoms with Crippen molar-refractivity contribution >= 4 is 28.1 Å². The molecule has 0 spiro atoms. The molecule has 0 aliphatic carbocycles. The summed E-state index contributed by atoms with van der Waals surface area (Å²) in [4.78, 5) is 17.5. The van der Waals surface area contributed by atoms with Crippen LogP contribution in [-0.2, 0) is 4.79 Å². The molecule has 0 saturated carbocycles. The number of piperidine rings is 1. The summed E-state index contributed by atoms with van der Waals surface area (Å²) in [5.41, 5.74) is 3.43. The van der Waals surface area contributed by atoms with Gasteiger partial charge in [-0.1, -0.05) is 54.6 Å². The van der Waals surface area contributed by atoms with E-state index < -0.39 is 12.0 Å². The molecular formula is C32H33FN2O2S. The zero-order valence-electron chi connectivity index (χ0n) is 21.4. The van der Waals surface area contributed by atoms with Gasteiger partial charge in [0.25, 0.3) is 0 Å². The second-order valence-electron chi connectivity index (χ2n) is 10.8. The van der Waals surface area contributed by atoms with Gasteiger partial charge in [0.05, 0.1) is 0 Å². The Morgan fingerprint density at radius 2 is 1.71 bits per heavy atom. The van der Waals surface area contributed by atoms with E-state index in [-0.39, 0.29) is 5.82 Å². The molecular weight excluding hydrogens is 495 g/mol. The molecule has 196 valence electrons. The zero-order chi connectivity index (χ0) is 26.1. The smallest absolute Gasteiger partial charge is 0.325 e. The molecule has 1 aromatic heterocycles. The number of hydrogen-bond donors (Lipinski definition) is 1. The molecule has 0 bridgehead atoms. The summed E-state index contributed by atoms with van der Waals surface area (Å²) in [6.45, 7) is 4.50. The summed E-state index contributed by atoms with van der Waals surface area (Å²) in [5.74, 6) is 0.185. The number of fused-ring (bicyclic) bond motifs is 1. The molecule has 3 atom stereocenters. The van der Waals surface area contributed by atoms with Crippen molar-refractivity contribution < 1.29 is 14.3 Å². The lowest BCUT2D eigenvalue weighted by atomic mass is 9.87. The summed E-state index contributed by atoms with van der Waals surface area (Å²) in [6, 6.07) is 22.6. The third-order valence-electron chi connectivity index (χ3n) is 8.58. The fourth-order valence-corrected chi connectivity index (χ4v) is 7.38. The van der Waals surface area contributed by atoms with E-state index in [2.05, 4.69) is 26.6 Å². The molecule has 6 rings (SSSR count). The number of carboxylic acid groups (broad SMARTS) is 1. The van der Waals surface area contributed by atoms with Crippen molar-refractivity contribution in [3.63, 3.8) is 0 Å². The van der Waals surface area contributed by atoms with Gasteiger partial charge < -0.3 is 10.0 Å². The van der Waals surface area contributed by atoms with Gasteiger partial charge in [0.2, 0.25) is 0 Å². The Bertz CT molecular complexity index is 1380. The quantitative estimate of drug-likeness (QED) is 0.288. The minimum Gasteiger partial charge on any atom is -0.480 e. The van der Waals surface area contributed by atoms with Gasteiger partial charge in [-0.15, -0.1) is 0 Å². The zero-order valence-corrected chi connectivity index (χ0v) is 22.2. The van der Waals surface area contributed by atoms with Crippen LogP contribution in [0.25, 0.3) is 10.8 Å². The predicted octanol–water partition coefficient (Wildman–Crippen LogP) is 6.76. The highest BCUT2D eigenvalue weighted by Crippen LogP contribution is 2.40. The number of thiophene rings is 1. The first-order valence-electron chi connectivity index (χ1n) is 13.5. The maximum absolute atomic E-state index is 13.4. The standard InChI is InChI=1S/C32H33FN2O2S/c33-27-10-8-22(9-11-27)23-12-15-34(16-13-23)18-26-19-35(20-30(26)25-14-17-38-21-25)31(32(36)37)29-7-3-5-24-4-1-2-6-28(24)29/h1-11,14,17,21,23,26,30-31H,12-13,15-16,18-20H2,(H,36,37). The van der Waals surface area contributed by atoms with Crippen LogP contribution in [0.1, 0.15) is 47.4 Å². The number of benzene rings is 3.